The van der Waals surface area contributed by atoms with Crippen molar-refractivity contribution >= 4 is 22.7 Å². The van der Waals surface area contributed by atoms with E-state index in [0.29, 0.717) is 41.7 Å². The molecule has 3 aromatic heterocycles. The fourth-order valence-corrected chi connectivity index (χ4v) is 3.84. The van der Waals surface area contributed by atoms with Crippen LogP contribution in [0, 0.1) is 5.82 Å². The van der Waals surface area contributed by atoms with Gasteiger partial charge in [0.25, 0.3) is 0 Å². The first kappa shape index (κ1) is 26.0. The van der Waals surface area contributed by atoms with Crippen LogP contribution in [-0.4, -0.2) is 24.5 Å². The van der Waals surface area contributed by atoms with Gasteiger partial charge in [-0.25, -0.2) is 14.4 Å². The molecule has 0 spiro atoms. The smallest absolute Gasteiger partial charge is 0.432 e. The second kappa shape index (κ2) is 9.60. The molecule has 0 aliphatic heterocycles. The van der Waals surface area contributed by atoms with Gasteiger partial charge in [-0.1, -0.05) is 0 Å². The SMILES string of the molecule is CCn1c(Nc2cc(C(F)(F)F)ccc2F)nc2cc(Oc3ccnc(-c4ncc(C(F)(F)F)[nH]4)c3)ccc21. The van der Waals surface area contributed by atoms with Crippen LogP contribution >= 0.6 is 0 Å². The largest absolute Gasteiger partial charge is 0.457 e. The molecule has 14 heteroatoms. The van der Waals surface area contributed by atoms with Crippen molar-refractivity contribution in [2.24, 2.45) is 0 Å². The first-order chi connectivity index (χ1) is 18.4. The third kappa shape index (κ3) is 5.35. The molecule has 2 N–H and O–H groups in total. The Balaban J connectivity index is 1.42. The van der Waals surface area contributed by atoms with Gasteiger partial charge in [0.05, 0.1) is 28.5 Å². The van der Waals surface area contributed by atoms with E-state index in [2.05, 4.69) is 25.3 Å². The van der Waals surface area contributed by atoms with Gasteiger partial charge in [0.1, 0.15) is 28.7 Å². The number of nitrogens with one attached hydrogen (secondary N) is 2. The Morgan fingerprint density at radius 2 is 1.69 bits per heavy atom. The van der Waals surface area contributed by atoms with Crippen molar-refractivity contribution in [2.45, 2.75) is 25.8 Å². The van der Waals surface area contributed by atoms with Gasteiger partial charge >= 0.3 is 12.4 Å². The third-order valence-electron chi connectivity index (χ3n) is 5.67. The van der Waals surface area contributed by atoms with Crippen molar-refractivity contribution in [3.05, 3.63) is 78.0 Å². The Bertz CT molecular complexity index is 1660. The lowest BCUT2D eigenvalue weighted by Crippen LogP contribution is -2.08. The summed E-state index contributed by atoms with van der Waals surface area (Å²) < 4.78 is 99.8. The minimum Gasteiger partial charge on any atom is -0.457 e. The molecule has 0 aliphatic rings. The molecule has 39 heavy (non-hydrogen) atoms. The third-order valence-corrected chi connectivity index (χ3v) is 5.67. The zero-order chi connectivity index (χ0) is 27.9. The molecule has 202 valence electrons. The molecule has 0 radical (unpaired) electrons. The lowest BCUT2D eigenvalue weighted by atomic mass is 10.2. The molecular weight excluding hydrogens is 533 g/mol. The van der Waals surface area contributed by atoms with Crippen molar-refractivity contribution in [1.82, 2.24) is 24.5 Å². The number of aromatic amines is 1. The fourth-order valence-electron chi connectivity index (χ4n) is 3.84. The molecule has 5 aromatic rings. The highest BCUT2D eigenvalue weighted by Crippen LogP contribution is 2.34. The summed E-state index contributed by atoms with van der Waals surface area (Å²) in [5.41, 5.74) is -1.29. The predicted octanol–water partition coefficient (Wildman–Crippen LogP) is 7.55. The van der Waals surface area contributed by atoms with E-state index < -0.39 is 29.4 Å². The summed E-state index contributed by atoms with van der Waals surface area (Å²) in [5.74, 6) is -0.291. The summed E-state index contributed by atoms with van der Waals surface area (Å²) in [7, 11) is 0. The number of anilines is 2. The first-order valence-corrected chi connectivity index (χ1v) is 11.3. The average molecular weight is 550 g/mol. The number of pyridine rings is 1. The molecule has 0 aliphatic carbocycles. The number of nitrogens with zero attached hydrogens (tertiary/aromatic N) is 4. The second-order valence-corrected chi connectivity index (χ2v) is 8.27. The second-order valence-electron chi connectivity index (χ2n) is 8.27. The lowest BCUT2D eigenvalue weighted by Gasteiger charge is -2.12. The number of alkyl halides is 6. The van der Waals surface area contributed by atoms with Gasteiger partial charge in [-0.05, 0) is 43.3 Å². The molecule has 0 atom stereocenters. The fraction of sp³-hybridized carbons (Fsp3) is 0.160. The Morgan fingerprint density at radius 1 is 0.923 bits per heavy atom. The van der Waals surface area contributed by atoms with Crippen LogP contribution in [-0.2, 0) is 18.9 Å². The standard InChI is InChI=1S/C25H17F7N6O/c1-2-38-20-6-4-14(39-15-7-8-33-19(11-15)22-34-12-21(37-22)25(30,31)32)10-18(20)36-23(38)35-17-9-13(24(27,28)29)3-5-16(17)26/h3-12H,2H2,1H3,(H,34,37)(H,35,36). The number of hydrogen-bond acceptors (Lipinski definition) is 5. The number of hydrogen-bond donors (Lipinski definition) is 2. The molecular formula is C25H17F7N6O. The number of rotatable bonds is 6. The van der Waals surface area contributed by atoms with Crippen LogP contribution in [0.5, 0.6) is 11.5 Å². The summed E-state index contributed by atoms with van der Waals surface area (Å²) in [6, 6.07) is 9.78. The highest BCUT2D eigenvalue weighted by molar-refractivity contribution is 5.81. The van der Waals surface area contributed by atoms with E-state index in [0.717, 1.165) is 6.07 Å². The topological polar surface area (TPSA) is 80.7 Å². The number of imidazole rings is 2. The van der Waals surface area contributed by atoms with E-state index in [9.17, 15) is 30.7 Å². The van der Waals surface area contributed by atoms with Crippen LogP contribution in [0.1, 0.15) is 18.2 Å². The predicted molar refractivity (Wildman–Crippen MR) is 127 cm³/mol. The minimum atomic E-state index is -4.65. The van der Waals surface area contributed by atoms with E-state index in [1.807, 2.05) is 0 Å². The van der Waals surface area contributed by atoms with Crippen molar-refractivity contribution < 1.29 is 35.5 Å². The van der Waals surface area contributed by atoms with E-state index in [1.165, 1.54) is 18.3 Å². The molecule has 0 saturated carbocycles. The Labute approximate surface area is 215 Å². The Kier molecular flexibility index (Phi) is 6.40. The van der Waals surface area contributed by atoms with Gasteiger partial charge in [0.2, 0.25) is 5.95 Å². The average Bonchev–Trinajstić information content (AvgIpc) is 3.50. The number of ether oxygens (including phenoxy) is 1. The maximum Gasteiger partial charge on any atom is 0.432 e. The molecule has 0 fully saturated rings. The summed E-state index contributed by atoms with van der Waals surface area (Å²) in [4.78, 5) is 14.3. The molecule has 7 nitrogen and oxygen atoms in total. The molecule has 5 rings (SSSR count). The van der Waals surface area contributed by atoms with Crippen molar-refractivity contribution in [3.8, 4) is 23.0 Å². The van der Waals surface area contributed by atoms with Gasteiger partial charge in [-0.2, -0.15) is 26.3 Å². The summed E-state index contributed by atoms with van der Waals surface area (Å²) in [5, 5.41) is 2.64. The number of aryl methyl sites for hydroxylation is 1. The first-order valence-electron chi connectivity index (χ1n) is 11.3. The number of fused-ring (bicyclic) bond motifs is 1. The number of aromatic nitrogens is 5. The van der Waals surface area contributed by atoms with Crippen LogP contribution in [0.2, 0.25) is 0 Å². The summed E-state index contributed by atoms with van der Waals surface area (Å²) in [6.45, 7) is 2.16. The van der Waals surface area contributed by atoms with Gasteiger partial charge in [0, 0.05) is 24.9 Å². The molecule has 2 aromatic carbocycles. The van der Waals surface area contributed by atoms with Crippen LogP contribution in [0.4, 0.5) is 42.4 Å². The summed E-state index contributed by atoms with van der Waals surface area (Å²) in [6.07, 6.45) is -7.22. The molecule has 3 heterocycles. The molecule has 0 amide bonds. The maximum absolute atomic E-state index is 14.3. The van der Waals surface area contributed by atoms with Crippen molar-refractivity contribution in [1.29, 1.82) is 0 Å². The number of benzene rings is 2. The maximum atomic E-state index is 14.3. The van der Waals surface area contributed by atoms with Crippen LogP contribution in [0.25, 0.3) is 22.6 Å². The Morgan fingerprint density at radius 3 is 2.38 bits per heavy atom. The van der Waals surface area contributed by atoms with Gasteiger partial charge in [0.15, 0.2) is 5.82 Å². The van der Waals surface area contributed by atoms with Gasteiger partial charge in [-0.15, -0.1) is 0 Å². The van der Waals surface area contributed by atoms with Crippen LogP contribution < -0.4 is 10.1 Å². The zero-order valence-corrected chi connectivity index (χ0v) is 19.8. The van der Waals surface area contributed by atoms with E-state index in [-0.39, 0.29) is 28.9 Å². The lowest BCUT2D eigenvalue weighted by molar-refractivity contribution is -0.141. The zero-order valence-electron chi connectivity index (χ0n) is 19.8. The van der Waals surface area contributed by atoms with E-state index >= 15 is 0 Å². The van der Waals surface area contributed by atoms with E-state index in [4.69, 9.17) is 4.74 Å². The van der Waals surface area contributed by atoms with Crippen molar-refractivity contribution in [2.75, 3.05) is 5.32 Å². The van der Waals surface area contributed by atoms with Crippen molar-refractivity contribution in [3.63, 3.8) is 0 Å². The normalized spacial score (nSPS) is 12.2. The number of halogens is 7. The van der Waals surface area contributed by atoms with Gasteiger partial charge < -0.3 is 19.6 Å². The molecule has 0 unspecified atom stereocenters. The highest BCUT2D eigenvalue weighted by Gasteiger charge is 2.33. The van der Waals surface area contributed by atoms with Gasteiger partial charge in [-0.3, -0.25) is 4.98 Å². The molecule has 0 saturated heterocycles. The summed E-state index contributed by atoms with van der Waals surface area (Å²) >= 11 is 0. The monoisotopic (exact) mass is 550 g/mol. The Hall–Kier alpha value is -4.62. The minimum absolute atomic E-state index is 0.0949. The van der Waals surface area contributed by atoms with E-state index in [1.54, 1.807) is 29.7 Å². The molecule has 0 bridgehead atoms. The highest BCUT2D eigenvalue weighted by atomic mass is 19.4. The van der Waals surface area contributed by atoms with Crippen LogP contribution in [0.15, 0.2) is 60.9 Å². The van der Waals surface area contributed by atoms with Crippen LogP contribution in [0.3, 0.4) is 0 Å². The number of H-pyrrole nitrogens is 1. The quantitative estimate of drug-likeness (QED) is 0.213.